The van der Waals surface area contributed by atoms with Crippen LogP contribution in [0.5, 0.6) is 0 Å². The smallest absolute Gasteiger partial charge is 0.410 e. The fraction of sp³-hybridized carbons (Fsp3) is 0.800. The third-order valence-electron chi connectivity index (χ3n) is 5.73. The number of alkyl halides is 1. The maximum absolute atomic E-state index is 12.4. The zero-order valence-electron chi connectivity index (χ0n) is 17.3. The molecule has 27 heavy (non-hydrogen) atoms. The second kappa shape index (κ2) is 7.39. The van der Waals surface area contributed by atoms with Gasteiger partial charge < -0.3 is 14.4 Å². The summed E-state index contributed by atoms with van der Waals surface area (Å²) in [5.74, 6) is 0. The molecule has 1 aliphatic carbocycles. The average Bonchev–Trinajstić information content (AvgIpc) is 2.98. The van der Waals surface area contributed by atoms with Gasteiger partial charge in [0.2, 0.25) is 0 Å². The molecule has 7 heteroatoms. The van der Waals surface area contributed by atoms with Crippen molar-refractivity contribution in [1.29, 1.82) is 0 Å². The number of carbonyl (C=O) groups is 1. The molecule has 0 N–H and O–H groups in total. The number of ether oxygens (including phenoxy) is 2. The van der Waals surface area contributed by atoms with Crippen molar-refractivity contribution in [3.05, 3.63) is 17.5 Å². The maximum atomic E-state index is 12.4. The van der Waals surface area contributed by atoms with E-state index >= 15 is 0 Å². The van der Waals surface area contributed by atoms with E-state index in [1.54, 1.807) is 7.11 Å². The predicted molar refractivity (Wildman–Crippen MR) is 108 cm³/mol. The van der Waals surface area contributed by atoms with Gasteiger partial charge in [0.15, 0.2) is 0 Å². The first kappa shape index (κ1) is 20.6. The third-order valence-corrected chi connectivity index (χ3v) is 7.18. The van der Waals surface area contributed by atoms with Gasteiger partial charge >= 0.3 is 6.09 Å². The number of amides is 1. The van der Waals surface area contributed by atoms with Gasteiger partial charge in [-0.2, -0.15) is 5.10 Å². The number of aromatic nitrogens is 2. The Bertz CT molecular complexity index is 687. The molecule has 0 aromatic carbocycles. The topological polar surface area (TPSA) is 56.6 Å². The minimum atomic E-state index is -0.462. The van der Waals surface area contributed by atoms with Crippen molar-refractivity contribution in [3.63, 3.8) is 0 Å². The summed E-state index contributed by atoms with van der Waals surface area (Å²) in [6.07, 6.45) is 4.57. The van der Waals surface area contributed by atoms with E-state index in [1.807, 2.05) is 31.9 Å². The number of fused-ring (bicyclic) bond motifs is 1. The van der Waals surface area contributed by atoms with Crippen LogP contribution in [0.3, 0.4) is 0 Å². The van der Waals surface area contributed by atoms with Crippen molar-refractivity contribution in [2.75, 3.05) is 20.2 Å². The van der Waals surface area contributed by atoms with Crippen molar-refractivity contribution in [1.82, 2.24) is 14.7 Å². The molecule has 0 unspecified atom stereocenters. The molecular formula is C20H32BrN3O3. The molecular weight excluding hydrogens is 410 g/mol. The van der Waals surface area contributed by atoms with Crippen LogP contribution in [0.25, 0.3) is 0 Å². The maximum Gasteiger partial charge on any atom is 0.410 e. The first-order valence-electron chi connectivity index (χ1n) is 9.79. The number of hydrogen-bond donors (Lipinski definition) is 0. The molecule has 0 saturated carbocycles. The van der Waals surface area contributed by atoms with Crippen LogP contribution < -0.4 is 0 Å². The summed E-state index contributed by atoms with van der Waals surface area (Å²) >= 11 is 3.98. The minimum Gasteiger partial charge on any atom is -0.444 e. The molecule has 152 valence electrons. The molecule has 1 aliphatic heterocycles. The molecule has 1 amide bonds. The van der Waals surface area contributed by atoms with Crippen molar-refractivity contribution < 1.29 is 14.3 Å². The summed E-state index contributed by atoms with van der Waals surface area (Å²) in [7, 11) is 1.77. The van der Waals surface area contributed by atoms with Gasteiger partial charge in [0.05, 0.1) is 16.7 Å². The van der Waals surface area contributed by atoms with E-state index < -0.39 is 5.60 Å². The second-order valence-electron chi connectivity index (χ2n) is 9.16. The van der Waals surface area contributed by atoms with Gasteiger partial charge in [0, 0.05) is 26.2 Å². The predicted octanol–water partition coefficient (Wildman–Crippen LogP) is 4.49. The van der Waals surface area contributed by atoms with Gasteiger partial charge in [0.1, 0.15) is 11.7 Å². The SMILES string of the molecule is CO[C@@H]1c2c(cnn2C(C)C)CC2(CCN(C(=O)OC(C)(C)C)CC2)[C@H]1Br. The van der Waals surface area contributed by atoms with Gasteiger partial charge in [0.25, 0.3) is 0 Å². The lowest BCUT2D eigenvalue weighted by atomic mass is 9.66. The van der Waals surface area contributed by atoms with Crippen LogP contribution in [0.2, 0.25) is 0 Å². The Morgan fingerprint density at radius 3 is 2.48 bits per heavy atom. The molecule has 1 saturated heterocycles. The zero-order valence-corrected chi connectivity index (χ0v) is 18.9. The first-order valence-corrected chi connectivity index (χ1v) is 10.7. The van der Waals surface area contributed by atoms with Crippen molar-refractivity contribution in [3.8, 4) is 0 Å². The van der Waals surface area contributed by atoms with E-state index in [9.17, 15) is 4.79 Å². The minimum absolute atomic E-state index is 0.0354. The summed E-state index contributed by atoms with van der Waals surface area (Å²) in [5.41, 5.74) is 2.07. The number of halogens is 1. The summed E-state index contributed by atoms with van der Waals surface area (Å²) in [5, 5.41) is 4.62. The van der Waals surface area contributed by atoms with Crippen LogP contribution in [0.15, 0.2) is 6.20 Å². The highest BCUT2D eigenvalue weighted by atomic mass is 79.9. The van der Waals surface area contributed by atoms with E-state index in [0.29, 0.717) is 19.1 Å². The quantitative estimate of drug-likeness (QED) is 0.634. The molecule has 1 aromatic heterocycles. The van der Waals surface area contributed by atoms with E-state index in [1.165, 1.54) is 11.3 Å². The lowest BCUT2D eigenvalue weighted by Crippen LogP contribution is -2.52. The number of carbonyl (C=O) groups excluding carboxylic acids is 1. The van der Waals surface area contributed by atoms with E-state index in [-0.39, 0.29) is 22.4 Å². The van der Waals surface area contributed by atoms with Crippen LogP contribution >= 0.6 is 15.9 Å². The number of piperidine rings is 1. The Labute approximate surface area is 170 Å². The normalized spacial score (nSPS) is 25.0. The van der Waals surface area contributed by atoms with Gasteiger partial charge in [-0.1, -0.05) is 15.9 Å². The molecule has 0 radical (unpaired) electrons. The van der Waals surface area contributed by atoms with Crippen molar-refractivity contribution in [2.24, 2.45) is 5.41 Å². The molecule has 1 fully saturated rings. The second-order valence-corrected chi connectivity index (χ2v) is 10.1. The molecule has 2 atom stereocenters. The zero-order chi connectivity index (χ0) is 20.0. The first-order chi connectivity index (χ1) is 12.6. The Kier molecular flexibility index (Phi) is 5.65. The van der Waals surface area contributed by atoms with Crippen LogP contribution in [0.4, 0.5) is 4.79 Å². The number of methoxy groups -OCH3 is 1. The van der Waals surface area contributed by atoms with Gasteiger partial charge in [-0.15, -0.1) is 0 Å². The molecule has 2 heterocycles. The fourth-order valence-corrected chi connectivity index (χ4v) is 5.44. The summed E-state index contributed by atoms with van der Waals surface area (Å²) in [6.45, 7) is 11.4. The highest BCUT2D eigenvalue weighted by molar-refractivity contribution is 9.09. The third kappa shape index (κ3) is 3.90. The highest BCUT2D eigenvalue weighted by Crippen LogP contribution is 2.52. The molecule has 0 bridgehead atoms. The monoisotopic (exact) mass is 441 g/mol. The molecule has 6 nitrogen and oxygen atoms in total. The van der Waals surface area contributed by atoms with Crippen molar-refractivity contribution in [2.45, 2.75) is 76.5 Å². The lowest BCUT2D eigenvalue weighted by Gasteiger charge is -2.49. The standard InChI is InChI=1S/C20H32BrN3O3/c1-13(2)24-15-14(12-22-24)11-20(17(21)16(15)26-6)7-9-23(10-8-20)18(25)27-19(3,4)5/h12-13,16-17H,7-11H2,1-6H3/t16-,17+/m1/s1. The summed E-state index contributed by atoms with van der Waals surface area (Å²) in [6, 6.07) is 0.300. The van der Waals surface area contributed by atoms with Crippen LogP contribution in [-0.2, 0) is 15.9 Å². The highest BCUT2D eigenvalue weighted by Gasteiger charge is 2.50. The number of rotatable bonds is 2. The molecule has 3 rings (SSSR count). The number of hydrogen-bond acceptors (Lipinski definition) is 4. The Morgan fingerprint density at radius 2 is 1.96 bits per heavy atom. The van der Waals surface area contributed by atoms with Crippen molar-refractivity contribution >= 4 is 22.0 Å². The van der Waals surface area contributed by atoms with Crippen LogP contribution in [0.1, 0.15) is 70.9 Å². The molecule has 2 aliphatic rings. The molecule has 1 spiro atoms. The van der Waals surface area contributed by atoms with Gasteiger partial charge in [-0.3, -0.25) is 4.68 Å². The fourth-order valence-electron chi connectivity index (χ4n) is 4.35. The average molecular weight is 442 g/mol. The van der Waals surface area contributed by atoms with E-state index in [0.717, 1.165) is 19.3 Å². The Hall–Kier alpha value is -1.08. The van der Waals surface area contributed by atoms with Crippen LogP contribution in [-0.4, -0.2) is 51.4 Å². The Morgan fingerprint density at radius 1 is 1.33 bits per heavy atom. The van der Waals surface area contributed by atoms with Crippen LogP contribution in [0, 0.1) is 5.41 Å². The summed E-state index contributed by atoms with van der Waals surface area (Å²) < 4.78 is 13.6. The summed E-state index contributed by atoms with van der Waals surface area (Å²) in [4.78, 5) is 14.4. The van der Waals surface area contributed by atoms with E-state index in [2.05, 4.69) is 39.6 Å². The van der Waals surface area contributed by atoms with Gasteiger partial charge in [-0.05, 0) is 64.9 Å². The van der Waals surface area contributed by atoms with Gasteiger partial charge in [-0.25, -0.2) is 4.79 Å². The lowest BCUT2D eigenvalue weighted by molar-refractivity contribution is -0.00846. The molecule has 1 aromatic rings. The largest absolute Gasteiger partial charge is 0.444 e. The Balaban J connectivity index is 1.79. The number of nitrogens with zero attached hydrogens (tertiary/aromatic N) is 3. The van der Waals surface area contributed by atoms with E-state index in [4.69, 9.17) is 9.47 Å². The number of likely N-dealkylation sites (tertiary alicyclic amines) is 1.